The number of benzene rings is 2. The quantitative estimate of drug-likeness (QED) is 0.580. The topological polar surface area (TPSA) is 17.1 Å². The minimum atomic E-state index is -1.52. The van der Waals surface area contributed by atoms with Crippen LogP contribution < -0.4 is 0 Å². The van der Waals surface area contributed by atoms with E-state index in [0.29, 0.717) is 11.1 Å². The highest BCUT2D eigenvalue weighted by Gasteiger charge is 2.13. The van der Waals surface area contributed by atoms with E-state index in [1.54, 1.807) is 0 Å². The monoisotopic (exact) mass is 284 g/mol. The number of hydrogen-bond donors (Lipinski definition) is 0. The van der Waals surface area contributed by atoms with Gasteiger partial charge in [-0.2, -0.15) is 0 Å². The zero-order valence-corrected chi connectivity index (χ0v) is 10.6. The summed E-state index contributed by atoms with van der Waals surface area (Å²) in [7, 11) is 0. The lowest BCUT2D eigenvalue weighted by Gasteiger charge is -2.06. The van der Waals surface area contributed by atoms with Gasteiger partial charge in [-0.25, -0.2) is 13.2 Å². The van der Waals surface area contributed by atoms with Crippen molar-refractivity contribution in [3.05, 3.63) is 58.4 Å². The van der Waals surface area contributed by atoms with Crippen LogP contribution in [0.15, 0.2) is 30.3 Å². The Morgan fingerprint density at radius 2 is 1.58 bits per heavy atom. The highest BCUT2D eigenvalue weighted by Crippen LogP contribution is 2.28. The van der Waals surface area contributed by atoms with Gasteiger partial charge in [-0.3, -0.25) is 4.79 Å². The van der Waals surface area contributed by atoms with E-state index in [1.807, 2.05) is 0 Å². The van der Waals surface area contributed by atoms with Crippen LogP contribution in [0, 0.1) is 17.5 Å². The van der Waals surface area contributed by atoms with Crippen molar-refractivity contribution in [3.8, 4) is 11.1 Å². The molecule has 1 nitrogen and oxygen atoms in total. The van der Waals surface area contributed by atoms with Crippen molar-refractivity contribution in [3.63, 3.8) is 0 Å². The van der Waals surface area contributed by atoms with E-state index in [1.165, 1.54) is 25.1 Å². The molecule has 2 aromatic carbocycles. The predicted molar refractivity (Wildman–Crippen MR) is 66.8 cm³/mol. The summed E-state index contributed by atoms with van der Waals surface area (Å²) in [5.74, 6) is -4.29. The van der Waals surface area contributed by atoms with Crippen LogP contribution >= 0.6 is 11.6 Å². The first-order chi connectivity index (χ1) is 8.90. The van der Waals surface area contributed by atoms with Crippen LogP contribution in [0.1, 0.15) is 17.3 Å². The first kappa shape index (κ1) is 13.6. The Balaban J connectivity index is 2.54. The molecular formula is C14H8ClF3O. The number of halogens is 4. The van der Waals surface area contributed by atoms with Crippen molar-refractivity contribution < 1.29 is 18.0 Å². The van der Waals surface area contributed by atoms with Crippen molar-refractivity contribution in [1.82, 2.24) is 0 Å². The van der Waals surface area contributed by atoms with E-state index >= 15 is 0 Å². The van der Waals surface area contributed by atoms with Gasteiger partial charge in [0.2, 0.25) is 0 Å². The Morgan fingerprint density at radius 1 is 1.00 bits per heavy atom. The normalized spacial score (nSPS) is 10.6. The van der Waals surface area contributed by atoms with Gasteiger partial charge in [0.25, 0.3) is 0 Å². The summed E-state index contributed by atoms with van der Waals surface area (Å²) in [4.78, 5) is 11.2. The van der Waals surface area contributed by atoms with E-state index in [9.17, 15) is 18.0 Å². The molecule has 0 saturated carbocycles. The standard InChI is InChI=1S/C14H8ClF3O/c1-7(19)10-3-2-8(4-11(10)15)9-5-12(16)14(18)13(17)6-9/h2-6H,1H3. The lowest BCUT2D eigenvalue weighted by atomic mass is 10.0. The largest absolute Gasteiger partial charge is 0.294 e. The van der Waals surface area contributed by atoms with Crippen molar-refractivity contribution >= 4 is 17.4 Å². The smallest absolute Gasteiger partial charge is 0.194 e. The summed E-state index contributed by atoms with van der Waals surface area (Å²) in [5.41, 5.74) is 0.856. The Bertz CT molecular complexity index is 645. The molecule has 2 aromatic rings. The van der Waals surface area contributed by atoms with Crippen LogP contribution in [0.3, 0.4) is 0 Å². The van der Waals surface area contributed by atoms with Crippen LogP contribution in [-0.2, 0) is 0 Å². The van der Waals surface area contributed by atoms with E-state index in [0.717, 1.165) is 12.1 Å². The molecule has 98 valence electrons. The molecule has 0 saturated heterocycles. The third-order valence-electron chi connectivity index (χ3n) is 2.67. The molecule has 2 rings (SSSR count). The van der Waals surface area contributed by atoms with E-state index in [2.05, 4.69) is 0 Å². The molecular weight excluding hydrogens is 277 g/mol. The highest BCUT2D eigenvalue weighted by atomic mass is 35.5. The maximum atomic E-state index is 13.1. The number of carbonyl (C=O) groups is 1. The summed E-state index contributed by atoms with van der Waals surface area (Å²) in [6.45, 7) is 1.36. The Labute approximate surface area is 112 Å². The Hall–Kier alpha value is -1.81. The van der Waals surface area contributed by atoms with Crippen molar-refractivity contribution in [2.45, 2.75) is 6.92 Å². The number of ketones is 1. The fraction of sp³-hybridized carbons (Fsp3) is 0.0714. The summed E-state index contributed by atoms with van der Waals surface area (Å²) in [5, 5.41) is 0.176. The molecule has 19 heavy (non-hydrogen) atoms. The van der Waals surface area contributed by atoms with Gasteiger partial charge in [-0.1, -0.05) is 17.7 Å². The molecule has 0 unspecified atom stereocenters. The van der Waals surface area contributed by atoms with E-state index in [4.69, 9.17) is 11.6 Å². The van der Waals surface area contributed by atoms with Crippen molar-refractivity contribution in [2.75, 3.05) is 0 Å². The average molecular weight is 285 g/mol. The summed E-state index contributed by atoms with van der Waals surface area (Å²) >= 11 is 5.90. The van der Waals surface area contributed by atoms with Gasteiger partial charge in [-0.05, 0) is 42.3 Å². The van der Waals surface area contributed by atoms with Gasteiger partial charge in [-0.15, -0.1) is 0 Å². The van der Waals surface area contributed by atoms with Gasteiger partial charge < -0.3 is 0 Å². The van der Waals surface area contributed by atoms with E-state index in [-0.39, 0.29) is 16.4 Å². The molecule has 0 aliphatic rings. The van der Waals surface area contributed by atoms with Crippen LogP contribution in [0.5, 0.6) is 0 Å². The lowest BCUT2D eigenvalue weighted by Crippen LogP contribution is -1.95. The van der Waals surface area contributed by atoms with Gasteiger partial charge in [0.15, 0.2) is 23.2 Å². The van der Waals surface area contributed by atoms with Crippen LogP contribution in [0.2, 0.25) is 5.02 Å². The number of hydrogen-bond acceptors (Lipinski definition) is 1. The first-order valence-electron chi connectivity index (χ1n) is 5.35. The Morgan fingerprint density at radius 3 is 2.05 bits per heavy atom. The van der Waals surface area contributed by atoms with Crippen molar-refractivity contribution in [1.29, 1.82) is 0 Å². The lowest BCUT2D eigenvalue weighted by molar-refractivity contribution is 0.101. The van der Waals surface area contributed by atoms with Gasteiger partial charge in [0, 0.05) is 5.56 Å². The summed E-state index contributed by atoms with van der Waals surface area (Å²) in [6, 6.07) is 6.10. The maximum absolute atomic E-state index is 13.1. The van der Waals surface area contributed by atoms with Crippen LogP contribution in [-0.4, -0.2) is 5.78 Å². The minimum Gasteiger partial charge on any atom is -0.294 e. The molecule has 0 amide bonds. The van der Waals surface area contributed by atoms with Crippen molar-refractivity contribution in [2.24, 2.45) is 0 Å². The third kappa shape index (κ3) is 2.63. The summed E-state index contributed by atoms with van der Waals surface area (Å²) < 4.78 is 39.1. The third-order valence-corrected chi connectivity index (χ3v) is 2.98. The molecule has 0 atom stereocenters. The molecule has 5 heteroatoms. The zero-order chi connectivity index (χ0) is 14.2. The van der Waals surface area contributed by atoms with Gasteiger partial charge in [0.05, 0.1) is 5.02 Å². The highest BCUT2D eigenvalue weighted by molar-refractivity contribution is 6.34. The number of rotatable bonds is 2. The fourth-order valence-electron chi connectivity index (χ4n) is 1.70. The molecule has 0 spiro atoms. The van der Waals surface area contributed by atoms with Gasteiger partial charge >= 0.3 is 0 Å². The maximum Gasteiger partial charge on any atom is 0.194 e. The Kier molecular flexibility index (Phi) is 3.62. The second kappa shape index (κ2) is 5.05. The van der Waals surface area contributed by atoms with Crippen LogP contribution in [0.25, 0.3) is 11.1 Å². The van der Waals surface area contributed by atoms with E-state index < -0.39 is 17.5 Å². The average Bonchev–Trinajstić information content (AvgIpc) is 2.34. The first-order valence-corrected chi connectivity index (χ1v) is 5.73. The molecule has 0 fully saturated rings. The number of carbonyl (C=O) groups excluding carboxylic acids is 1. The molecule has 0 radical (unpaired) electrons. The predicted octanol–water partition coefficient (Wildman–Crippen LogP) is 4.63. The minimum absolute atomic E-state index is 0.147. The van der Waals surface area contributed by atoms with Crippen LogP contribution in [0.4, 0.5) is 13.2 Å². The second-order valence-corrected chi connectivity index (χ2v) is 4.41. The number of Topliss-reactive ketones (excluding diaryl/α,β-unsaturated/α-hetero) is 1. The molecule has 0 bridgehead atoms. The molecule has 0 heterocycles. The SMILES string of the molecule is CC(=O)c1ccc(-c2cc(F)c(F)c(F)c2)cc1Cl. The molecule has 0 aliphatic heterocycles. The zero-order valence-electron chi connectivity index (χ0n) is 9.81. The fourth-order valence-corrected chi connectivity index (χ4v) is 2.02. The second-order valence-electron chi connectivity index (χ2n) is 4.00. The molecule has 0 N–H and O–H groups in total. The molecule has 0 aromatic heterocycles. The van der Waals surface area contributed by atoms with Gasteiger partial charge in [0.1, 0.15) is 0 Å². The molecule has 0 aliphatic carbocycles. The summed E-state index contributed by atoms with van der Waals surface area (Å²) in [6.07, 6.45) is 0.